The molecule has 128 valence electrons. The molecule has 1 aliphatic carbocycles. The number of hydrogen-bond donors (Lipinski definition) is 0. The van der Waals surface area contributed by atoms with Gasteiger partial charge in [0.25, 0.3) is 0 Å². The van der Waals surface area contributed by atoms with E-state index in [2.05, 4.69) is 5.92 Å². The van der Waals surface area contributed by atoms with E-state index in [1.807, 2.05) is 0 Å². The summed E-state index contributed by atoms with van der Waals surface area (Å²) in [6.45, 7) is 1.01. The number of rotatable bonds is 5. The summed E-state index contributed by atoms with van der Waals surface area (Å²) >= 11 is 0. The van der Waals surface area contributed by atoms with Gasteiger partial charge in [-0.25, -0.2) is 8.42 Å². The average Bonchev–Trinajstić information content (AvgIpc) is 3.45. The fourth-order valence-corrected chi connectivity index (χ4v) is 4.75. The van der Waals surface area contributed by atoms with Crippen molar-refractivity contribution in [3.63, 3.8) is 0 Å². The van der Waals surface area contributed by atoms with Gasteiger partial charge in [0.1, 0.15) is 0 Å². The zero-order valence-corrected chi connectivity index (χ0v) is 14.4. The molecule has 0 bridgehead atoms. The van der Waals surface area contributed by atoms with E-state index in [1.54, 1.807) is 35.2 Å². The molecular weight excluding hydrogens is 324 g/mol. The molecule has 3 rings (SSSR count). The van der Waals surface area contributed by atoms with Gasteiger partial charge in [0.05, 0.1) is 17.4 Å². The van der Waals surface area contributed by atoms with Crippen LogP contribution in [0.4, 0.5) is 0 Å². The molecule has 2 fully saturated rings. The second-order valence-electron chi connectivity index (χ2n) is 6.42. The molecule has 1 aromatic rings. The number of carbonyl (C=O) groups is 1. The monoisotopic (exact) mass is 346 g/mol. The first-order chi connectivity index (χ1) is 11.5. The highest BCUT2D eigenvalue weighted by molar-refractivity contribution is 7.89. The standard InChI is InChI=1S/C18H22N2O3S/c1-2-12-20(16-10-11-16)18(21)15-7-6-13-19(14-15)24(22,23)17-8-4-3-5-9-17/h1,3-5,8-9,15-16H,6-7,10-14H2/t15-/m0/s1. The highest BCUT2D eigenvalue weighted by Crippen LogP contribution is 2.31. The highest BCUT2D eigenvalue weighted by Gasteiger charge is 2.39. The number of benzene rings is 1. The molecule has 1 saturated heterocycles. The number of amides is 1. The minimum atomic E-state index is -3.55. The lowest BCUT2D eigenvalue weighted by molar-refractivity contribution is -0.136. The molecule has 0 N–H and O–H groups in total. The van der Waals surface area contributed by atoms with Gasteiger partial charge in [0.15, 0.2) is 0 Å². The first kappa shape index (κ1) is 17.0. The van der Waals surface area contributed by atoms with Crippen LogP contribution in [0.1, 0.15) is 25.7 Å². The molecule has 24 heavy (non-hydrogen) atoms. The van der Waals surface area contributed by atoms with Crippen molar-refractivity contribution in [2.75, 3.05) is 19.6 Å². The fraction of sp³-hybridized carbons (Fsp3) is 0.500. The fourth-order valence-electron chi connectivity index (χ4n) is 3.21. The van der Waals surface area contributed by atoms with Crippen molar-refractivity contribution < 1.29 is 13.2 Å². The molecule has 1 saturated carbocycles. The Kier molecular flexibility index (Phi) is 4.93. The number of carbonyl (C=O) groups excluding carboxylic acids is 1. The molecule has 1 heterocycles. The van der Waals surface area contributed by atoms with Gasteiger partial charge in [-0.05, 0) is 37.8 Å². The largest absolute Gasteiger partial charge is 0.328 e. The Labute approximate surface area is 143 Å². The van der Waals surface area contributed by atoms with Crippen LogP contribution >= 0.6 is 0 Å². The van der Waals surface area contributed by atoms with Gasteiger partial charge in [0.2, 0.25) is 15.9 Å². The summed E-state index contributed by atoms with van der Waals surface area (Å²) in [4.78, 5) is 14.8. The van der Waals surface area contributed by atoms with Crippen LogP contribution in [0.15, 0.2) is 35.2 Å². The van der Waals surface area contributed by atoms with Crippen molar-refractivity contribution in [3.05, 3.63) is 30.3 Å². The molecule has 0 spiro atoms. The number of terminal acetylenes is 1. The van der Waals surface area contributed by atoms with Crippen molar-refractivity contribution in [1.29, 1.82) is 0 Å². The van der Waals surface area contributed by atoms with Gasteiger partial charge < -0.3 is 4.90 Å². The first-order valence-electron chi connectivity index (χ1n) is 8.33. The van der Waals surface area contributed by atoms with Crippen molar-refractivity contribution in [1.82, 2.24) is 9.21 Å². The van der Waals surface area contributed by atoms with E-state index >= 15 is 0 Å². The molecule has 0 unspecified atom stereocenters. The van der Waals surface area contributed by atoms with Gasteiger partial charge >= 0.3 is 0 Å². The third-order valence-electron chi connectivity index (χ3n) is 4.65. The van der Waals surface area contributed by atoms with Crippen LogP contribution in [-0.2, 0) is 14.8 Å². The Morgan fingerprint density at radius 2 is 1.96 bits per heavy atom. The maximum absolute atomic E-state index is 12.8. The third kappa shape index (κ3) is 3.47. The predicted molar refractivity (Wildman–Crippen MR) is 91.5 cm³/mol. The Morgan fingerprint density at radius 1 is 1.25 bits per heavy atom. The summed E-state index contributed by atoms with van der Waals surface area (Å²) in [6.07, 6.45) is 8.78. The second kappa shape index (κ2) is 6.96. The van der Waals surface area contributed by atoms with Gasteiger partial charge in [-0.3, -0.25) is 4.79 Å². The maximum atomic E-state index is 12.8. The van der Waals surface area contributed by atoms with Crippen LogP contribution in [-0.4, -0.2) is 49.2 Å². The Morgan fingerprint density at radius 3 is 2.58 bits per heavy atom. The lowest BCUT2D eigenvalue weighted by Gasteiger charge is -2.34. The minimum absolute atomic E-state index is 0.00316. The molecular formula is C18H22N2O3S. The highest BCUT2D eigenvalue weighted by atomic mass is 32.2. The second-order valence-corrected chi connectivity index (χ2v) is 8.35. The number of sulfonamides is 1. The van der Waals surface area contributed by atoms with Crippen LogP contribution in [0.5, 0.6) is 0 Å². The van der Waals surface area contributed by atoms with Gasteiger partial charge in [-0.15, -0.1) is 6.42 Å². The van der Waals surface area contributed by atoms with Crippen molar-refractivity contribution in [2.45, 2.75) is 36.6 Å². The lowest BCUT2D eigenvalue weighted by Crippen LogP contribution is -2.47. The summed E-state index contributed by atoms with van der Waals surface area (Å²) in [5.41, 5.74) is 0. The van der Waals surface area contributed by atoms with Crippen LogP contribution in [0.25, 0.3) is 0 Å². The lowest BCUT2D eigenvalue weighted by atomic mass is 9.98. The molecule has 0 radical (unpaired) electrons. The zero-order chi connectivity index (χ0) is 17.2. The SMILES string of the molecule is C#CCN(C(=O)[C@H]1CCCN(S(=O)(=O)c2ccccc2)C1)C1CC1. The normalized spacial score (nSPS) is 21.9. The van der Waals surface area contributed by atoms with E-state index in [4.69, 9.17) is 6.42 Å². The van der Waals surface area contributed by atoms with E-state index in [9.17, 15) is 13.2 Å². The smallest absolute Gasteiger partial charge is 0.243 e. The summed E-state index contributed by atoms with van der Waals surface area (Å²) in [6, 6.07) is 8.64. The Bertz CT molecular complexity index is 735. The van der Waals surface area contributed by atoms with Crippen molar-refractivity contribution in [2.24, 2.45) is 5.92 Å². The van der Waals surface area contributed by atoms with Gasteiger partial charge in [0, 0.05) is 19.1 Å². The molecule has 1 atom stereocenters. The summed E-state index contributed by atoms with van der Waals surface area (Å²) in [5, 5.41) is 0. The van der Waals surface area contributed by atoms with E-state index in [1.165, 1.54) is 4.31 Å². The predicted octanol–water partition coefficient (Wildman–Crippen LogP) is 1.71. The molecule has 1 amide bonds. The van der Waals surface area contributed by atoms with Crippen molar-refractivity contribution >= 4 is 15.9 Å². The topological polar surface area (TPSA) is 57.7 Å². The average molecular weight is 346 g/mol. The molecule has 2 aliphatic rings. The van der Waals surface area contributed by atoms with Gasteiger partial charge in [-0.1, -0.05) is 24.1 Å². The Balaban J connectivity index is 1.74. The first-order valence-corrected chi connectivity index (χ1v) is 9.77. The van der Waals surface area contributed by atoms with Crippen LogP contribution in [0, 0.1) is 18.3 Å². The minimum Gasteiger partial charge on any atom is -0.328 e. The van der Waals surface area contributed by atoms with Crippen LogP contribution in [0.3, 0.4) is 0 Å². The summed E-state index contributed by atoms with van der Waals surface area (Å²) in [5.74, 6) is 2.25. The maximum Gasteiger partial charge on any atom is 0.243 e. The van der Waals surface area contributed by atoms with E-state index in [-0.39, 0.29) is 29.3 Å². The van der Waals surface area contributed by atoms with Gasteiger partial charge in [-0.2, -0.15) is 4.31 Å². The summed E-state index contributed by atoms with van der Waals surface area (Å²) in [7, 11) is -3.55. The molecule has 5 nitrogen and oxygen atoms in total. The molecule has 6 heteroatoms. The zero-order valence-electron chi connectivity index (χ0n) is 13.6. The van der Waals surface area contributed by atoms with Crippen LogP contribution < -0.4 is 0 Å². The molecule has 0 aromatic heterocycles. The quantitative estimate of drug-likeness (QED) is 0.763. The Hall–Kier alpha value is -1.84. The number of nitrogens with zero attached hydrogens (tertiary/aromatic N) is 2. The van der Waals surface area contributed by atoms with E-state index in [0.29, 0.717) is 25.9 Å². The number of hydrogen-bond acceptors (Lipinski definition) is 3. The molecule has 1 aromatic carbocycles. The van der Waals surface area contributed by atoms with E-state index in [0.717, 1.165) is 12.8 Å². The number of piperidine rings is 1. The van der Waals surface area contributed by atoms with Crippen LogP contribution in [0.2, 0.25) is 0 Å². The van der Waals surface area contributed by atoms with E-state index < -0.39 is 10.0 Å². The van der Waals surface area contributed by atoms with Crippen molar-refractivity contribution in [3.8, 4) is 12.3 Å². The third-order valence-corrected chi connectivity index (χ3v) is 6.53. The molecule has 1 aliphatic heterocycles. The summed E-state index contributed by atoms with van der Waals surface area (Å²) < 4.78 is 27.0.